The van der Waals surface area contributed by atoms with E-state index in [0.29, 0.717) is 6.54 Å². The number of rotatable bonds is 7. The van der Waals surface area contributed by atoms with Crippen LogP contribution in [-0.4, -0.2) is 62.0 Å². The lowest BCUT2D eigenvalue weighted by molar-refractivity contribution is -0.121. The molecule has 1 aromatic heterocycles. The van der Waals surface area contributed by atoms with Crippen molar-refractivity contribution in [3.8, 4) is 0 Å². The van der Waals surface area contributed by atoms with Gasteiger partial charge in [0.05, 0.1) is 6.04 Å². The van der Waals surface area contributed by atoms with Crippen molar-refractivity contribution < 1.29 is 9.59 Å². The first-order valence-corrected chi connectivity index (χ1v) is 8.17. The number of amides is 3. The Morgan fingerprint density at radius 3 is 2.45 bits per heavy atom. The van der Waals surface area contributed by atoms with Crippen LogP contribution in [0.4, 0.5) is 4.79 Å². The molecule has 0 aliphatic carbocycles. The Morgan fingerprint density at radius 1 is 1.27 bits per heavy atom. The van der Waals surface area contributed by atoms with Gasteiger partial charge in [-0.3, -0.25) is 4.79 Å². The van der Waals surface area contributed by atoms with Gasteiger partial charge in [0, 0.05) is 24.5 Å². The molecule has 22 heavy (non-hydrogen) atoms. The van der Waals surface area contributed by atoms with Gasteiger partial charge in [-0.2, -0.15) is 0 Å². The molecular formula is C15H26N4O2S. The fourth-order valence-corrected chi connectivity index (χ4v) is 2.91. The second-order valence-electron chi connectivity index (χ2n) is 5.76. The summed E-state index contributed by atoms with van der Waals surface area (Å²) in [5, 5.41) is 7.67. The molecule has 7 heteroatoms. The van der Waals surface area contributed by atoms with Crippen molar-refractivity contribution in [3.63, 3.8) is 0 Å². The van der Waals surface area contributed by atoms with Crippen molar-refractivity contribution in [3.05, 3.63) is 22.4 Å². The molecule has 0 spiro atoms. The summed E-state index contributed by atoms with van der Waals surface area (Å²) in [6.07, 6.45) is 0. The maximum Gasteiger partial charge on any atom is 0.317 e. The second-order valence-corrected chi connectivity index (χ2v) is 6.74. The quantitative estimate of drug-likeness (QED) is 0.798. The van der Waals surface area contributed by atoms with E-state index in [1.165, 1.54) is 9.78 Å². The molecule has 1 rings (SSSR count). The summed E-state index contributed by atoms with van der Waals surface area (Å²) in [7, 11) is 5.58. The van der Waals surface area contributed by atoms with Gasteiger partial charge in [-0.1, -0.05) is 6.07 Å². The van der Waals surface area contributed by atoms with Gasteiger partial charge in [-0.15, -0.1) is 11.3 Å². The predicted molar refractivity (Wildman–Crippen MR) is 90.1 cm³/mol. The summed E-state index contributed by atoms with van der Waals surface area (Å²) < 4.78 is 0. The number of urea groups is 1. The average molecular weight is 326 g/mol. The van der Waals surface area contributed by atoms with E-state index < -0.39 is 0 Å². The van der Waals surface area contributed by atoms with E-state index >= 15 is 0 Å². The van der Waals surface area contributed by atoms with Crippen molar-refractivity contribution in [1.82, 2.24) is 20.4 Å². The lowest BCUT2D eigenvalue weighted by Crippen LogP contribution is -2.46. The Balaban J connectivity index is 2.48. The lowest BCUT2D eigenvalue weighted by Gasteiger charge is -2.25. The summed E-state index contributed by atoms with van der Waals surface area (Å²) in [5.41, 5.74) is 0. The molecule has 0 bridgehead atoms. The van der Waals surface area contributed by atoms with Crippen LogP contribution in [0, 0.1) is 0 Å². The zero-order valence-corrected chi connectivity index (χ0v) is 14.7. The third kappa shape index (κ3) is 6.03. The SMILES string of the molecule is CC(C)NC(=O)CN(C)C(=O)NCC(c1cccs1)N(C)C. The summed E-state index contributed by atoms with van der Waals surface area (Å²) in [6.45, 7) is 4.33. The Morgan fingerprint density at radius 2 is 1.95 bits per heavy atom. The van der Waals surface area contributed by atoms with Gasteiger partial charge in [-0.05, 0) is 39.4 Å². The van der Waals surface area contributed by atoms with E-state index in [0.717, 1.165) is 0 Å². The third-order valence-corrected chi connectivity index (χ3v) is 4.09. The highest BCUT2D eigenvalue weighted by Crippen LogP contribution is 2.22. The van der Waals surface area contributed by atoms with Crippen LogP contribution in [0.2, 0.25) is 0 Å². The molecule has 6 nitrogen and oxygen atoms in total. The maximum absolute atomic E-state index is 12.1. The Hall–Kier alpha value is -1.60. The van der Waals surface area contributed by atoms with Crippen LogP contribution in [0.1, 0.15) is 24.8 Å². The molecule has 1 unspecified atom stereocenters. The fourth-order valence-electron chi connectivity index (χ4n) is 1.99. The van der Waals surface area contributed by atoms with Crippen LogP contribution in [0.15, 0.2) is 17.5 Å². The van der Waals surface area contributed by atoms with E-state index in [-0.39, 0.29) is 30.6 Å². The number of nitrogens with zero attached hydrogens (tertiary/aromatic N) is 2. The standard InChI is InChI=1S/C15H26N4O2S/c1-11(2)17-14(20)10-19(5)15(21)16-9-12(18(3)4)13-7-6-8-22-13/h6-8,11-12H,9-10H2,1-5H3,(H,16,21)(H,17,20). The summed E-state index contributed by atoms with van der Waals surface area (Å²) in [5.74, 6) is -0.157. The van der Waals surface area contributed by atoms with Gasteiger partial charge in [0.25, 0.3) is 0 Å². The fraction of sp³-hybridized carbons (Fsp3) is 0.600. The first kappa shape index (κ1) is 18.4. The van der Waals surface area contributed by atoms with Gasteiger partial charge in [0.2, 0.25) is 5.91 Å². The van der Waals surface area contributed by atoms with E-state index in [2.05, 4.69) is 21.6 Å². The first-order chi connectivity index (χ1) is 10.3. The third-order valence-electron chi connectivity index (χ3n) is 3.12. The highest BCUT2D eigenvalue weighted by molar-refractivity contribution is 7.10. The number of hydrogen-bond acceptors (Lipinski definition) is 4. The number of thiophene rings is 1. The van der Waals surface area contributed by atoms with Crippen molar-refractivity contribution in [2.45, 2.75) is 25.9 Å². The van der Waals surface area contributed by atoms with Crippen molar-refractivity contribution in [2.24, 2.45) is 0 Å². The first-order valence-electron chi connectivity index (χ1n) is 7.29. The van der Waals surface area contributed by atoms with E-state index in [4.69, 9.17) is 0 Å². The van der Waals surface area contributed by atoms with Gasteiger partial charge >= 0.3 is 6.03 Å². The molecular weight excluding hydrogens is 300 g/mol. The monoisotopic (exact) mass is 326 g/mol. The topological polar surface area (TPSA) is 64.7 Å². The molecule has 124 valence electrons. The van der Waals surface area contributed by atoms with Crippen molar-refractivity contribution >= 4 is 23.3 Å². The number of carbonyl (C=O) groups excluding carboxylic acids is 2. The molecule has 0 aromatic carbocycles. The zero-order valence-electron chi connectivity index (χ0n) is 13.9. The normalized spacial score (nSPS) is 12.3. The van der Waals surface area contributed by atoms with Gasteiger partial charge < -0.3 is 20.4 Å². The number of likely N-dealkylation sites (N-methyl/N-ethyl adjacent to an activating group) is 2. The minimum Gasteiger partial charge on any atom is -0.352 e. The van der Waals surface area contributed by atoms with Crippen LogP contribution in [-0.2, 0) is 4.79 Å². The van der Waals surface area contributed by atoms with Gasteiger partial charge in [0.15, 0.2) is 0 Å². The average Bonchev–Trinajstić information content (AvgIpc) is 2.90. The molecule has 0 saturated carbocycles. The molecule has 1 atom stereocenters. The molecule has 0 saturated heterocycles. The Labute approximate surface area is 136 Å². The van der Waals surface area contributed by atoms with Crippen LogP contribution < -0.4 is 10.6 Å². The molecule has 0 radical (unpaired) electrons. The number of carbonyl (C=O) groups is 2. The minimum atomic E-state index is -0.248. The summed E-state index contributed by atoms with van der Waals surface area (Å²) in [4.78, 5) is 28.4. The van der Waals surface area contributed by atoms with E-state index in [1.54, 1.807) is 18.4 Å². The largest absolute Gasteiger partial charge is 0.352 e. The highest BCUT2D eigenvalue weighted by Gasteiger charge is 2.18. The van der Waals surface area contributed by atoms with Crippen molar-refractivity contribution in [1.29, 1.82) is 0 Å². The van der Waals surface area contributed by atoms with E-state index in [9.17, 15) is 9.59 Å². The molecule has 2 N–H and O–H groups in total. The highest BCUT2D eigenvalue weighted by atomic mass is 32.1. The van der Waals surface area contributed by atoms with Crippen molar-refractivity contribution in [2.75, 3.05) is 34.2 Å². The van der Waals surface area contributed by atoms with Crippen LogP contribution in [0.3, 0.4) is 0 Å². The molecule has 1 heterocycles. The number of nitrogens with one attached hydrogen (secondary N) is 2. The zero-order chi connectivity index (χ0) is 16.7. The molecule has 1 aromatic rings. The van der Waals surface area contributed by atoms with E-state index in [1.807, 2.05) is 39.4 Å². The second kappa shape index (κ2) is 8.75. The smallest absolute Gasteiger partial charge is 0.317 e. The Kier molecular flexibility index (Phi) is 7.34. The molecule has 0 aliphatic rings. The van der Waals surface area contributed by atoms with Gasteiger partial charge in [-0.25, -0.2) is 4.79 Å². The predicted octanol–water partition coefficient (Wildman–Crippen LogP) is 1.52. The van der Waals surface area contributed by atoms with Crippen LogP contribution >= 0.6 is 11.3 Å². The molecule has 0 aliphatic heterocycles. The lowest BCUT2D eigenvalue weighted by atomic mass is 10.2. The van der Waals surface area contributed by atoms with Crippen LogP contribution in [0.5, 0.6) is 0 Å². The number of hydrogen-bond donors (Lipinski definition) is 2. The molecule has 3 amide bonds. The summed E-state index contributed by atoms with van der Waals surface area (Å²) >= 11 is 1.67. The molecule has 0 fully saturated rings. The van der Waals surface area contributed by atoms with Crippen LogP contribution in [0.25, 0.3) is 0 Å². The van der Waals surface area contributed by atoms with Gasteiger partial charge in [0.1, 0.15) is 6.54 Å². The summed E-state index contributed by atoms with van der Waals surface area (Å²) in [6, 6.07) is 4.01. The Bertz CT molecular complexity index is 474. The maximum atomic E-state index is 12.1. The minimum absolute atomic E-state index is 0.0512.